The van der Waals surface area contributed by atoms with E-state index in [1.165, 1.54) is 88.0 Å². The molecule has 9 rings (SSSR count). The summed E-state index contributed by atoms with van der Waals surface area (Å²) in [5.74, 6) is 0. The first-order valence-corrected chi connectivity index (χ1v) is 15.8. The zero-order valence-electron chi connectivity index (χ0n) is 25.5. The van der Waals surface area contributed by atoms with Crippen LogP contribution >= 0.6 is 0 Å². The topological polar surface area (TPSA) is 0 Å². The number of rotatable bonds is 3. The van der Waals surface area contributed by atoms with Crippen LogP contribution < -0.4 is 0 Å². The second-order valence-corrected chi connectivity index (χ2v) is 13.0. The predicted molar refractivity (Wildman–Crippen MR) is 193 cm³/mol. The summed E-state index contributed by atoms with van der Waals surface area (Å²) >= 11 is 0. The van der Waals surface area contributed by atoms with Crippen LogP contribution in [0, 0.1) is 0 Å². The molecule has 0 radical (unpaired) electrons. The Balaban J connectivity index is 1.15. The Morgan fingerprint density at radius 3 is 1.62 bits per heavy atom. The minimum Gasteiger partial charge on any atom is -0.0622 e. The molecular formula is C45H32. The molecule has 1 aliphatic carbocycles. The van der Waals surface area contributed by atoms with Crippen LogP contribution in [0.4, 0.5) is 0 Å². The van der Waals surface area contributed by atoms with E-state index in [0.29, 0.717) is 0 Å². The lowest BCUT2D eigenvalue weighted by Gasteiger charge is -2.21. The van der Waals surface area contributed by atoms with Gasteiger partial charge in [0, 0.05) is 5.41 Å². The first kappa shape index (κ1) is 26.0. The van der Waals surface area contributed by atoms with Crippen molar-refractivity contribution in [1.29, 1.82) is 0 Å². The summed E-state index contributed by atoms with van der Waals surface area (Å²) in [5.41, 5.74) is 13.0. The fourth-order valence-electron chi connectivity index (χ4n) is 7.61. The maximum Gasteiger partial charge on any atom is 0.0159 e. The molecule has 0 nitrogen and oxygen atoms in total. The highest BCUT2D eigenvalue weighted by Crippen LogP contribution is 2.50. The molecule has 0 bridgehead atoms. The summed E-state index contributed by atoms with van der Waals surface area (Å²) in [6.07, 6.45) is 0. The van der Waals surface area contributed by atoms with Crippen molar-refractivity contribution in [3.05, 3.63) is 169 Å². The van der Waals surface area contributed by atoms with Crippen LogP contribution in [0.5, 0.6) is 0 Å². The van der Waals surface area contributed by atoms with Crippen LogP contribution in [0.1, 0.15) is 25.0 Å². The van der Waals surface area contributed by atoms with Crippen LogP contribution in [0.25, 0.3) is 76.8 Å². The average molecular weight is 573 g/mol. The molecule has 0 heterocycles. The van der Waals surface area contributed by atoms with Crippen molar-refractivity contribution in [2.24, 2.45) is 0 Å². The van der Waals surface area contributed by atoms with Gasteiger partial charge in [0.1, 0.15) is 0 Å². The normalized spacial score (nSPS) is 13.3. The van der Waals surface area contributed by atoms with E-state index < -0.39 is 0 Å². The first-order chi connectivity index (χ1) is 22.0. The molecule has 0 fully saturated rings. The van der Waals surface area contributed by atoms with Gasteiger partial charge in [-0.15, -0.1) is 0 Å². The van der Waals surface area contributed by atoms with Gasteiger partial charge in [-0.05, 0) is 112 Å². The fourth-order valence-corrected chi connectivity index (χ4v) is 7.61. The monoisotopic (exact) mass is 572 g/mol. The van der Waals surface area contributed by atoms with Gasteiger partial charge in [-0.1, -0.05) is 147 Å². The van der Waals surface area contributed by atoms with Gasteiger partial charge in [0.15, 0.2) is 0 Å². The largest absolute Gasteiger partial charge is 0.0622 e. The number of hydrogen-bond acceptors (Lipinski definition) is 0. The molecule has 8 aromatic carbocycles. The molecule has 1 aliphatic rings. The van der Waals surface area contributed by atoms with Crippen LogP contribution in [0.2, 0.25) is 0 Å². The third-order valence-corrected chi connectivity index (χ3v) is 10.1. The highest BCUT2D eigenvalue weighted by Gasteiger charge is 2.35. The van der Waals surface area contributed by atoms with Gasteiger partial charge in [-0.3, -0.25) is 0 Å². The molecule has 0 saturated carbocycles. The van der Waals surface area contributed by atoms with Gasteiger partial charge in [0.2, 0.25) is 0 Å². The molecule has 45 heavy (non-hydrogen) atoms. The zero-order valence-corrected chi connectivity index (χ0v) is 25.5. The summed E-state index contributed by atoms with van der Waals surface area (Å²) in [4.78, 5) is 0. The Kier molecular flexibility index (Phi) is 5.64. The van der Waals surface area contributed by atoms with E-state index in [9.17, 15) is 0 Å². The number of benzene rings is 8. The standard InChI is InChI=1S/C45H32/c1-45(2)43-14-7-6-13-39(43)42-28-41-36(27-44(42)45)22-24-37-38(41)23-21-32-19-20-35(26-40(32)37)34-12-8-11-33(25-34)31-17-15-30(16-18-31)29-9-4-3-5-10-29/h3-28H,1-2H3. The van der Waals surface area contributed by atoms with Gasteiger partial charge in [-0.25, -0.2) is 0 Å². The molecule has 0 spiro atoms. The molecule has 212 valence electrons. The molecule has 0 N–H and O–H groups in total. The van der Waals surface area contributed by atoms with Crippen LogP contribution in [0.15, 0.2) is 158 Å². The van der Waals surface area contributed by atoms with Crippen LogP contribution in [-0.2, 0) is 5.41 Å². The van der Waals surface area contributed by atoms with Gasteiger partial charge in [0.25, 0.3) is 0 Å². The molecule has 0 unspecified atom stereocenters. The summed E-state index contributed by atoms with van der Waals surface area (Å²) in [6, 6.07) is 58.4. The second kappa shape index (κ2) is 9.78. The van der Waals surface area contributed by atoms with E-state index in [2.05, 4.69) is 172 Å². The molecule has 0 atom stereocenters. The van der Waals surface area contributed by atoms with Crippen molar-refractivity contribution in [3.8, 4) is 44.5 Å². The summed E-state index contributed by atoms with van der Waals surface area (Å²) < 4.78 is 0. The first-order valence-electron chi connectivity index (χ1n) is 15.8. The van der Waals surface area contributed by atoms with E-state index >= 15 is 0 Å². The quantitative estimate of drug-likeness (QED) is 0.185. The average Bonchev–Trinajstić information content (AvgIpc) is 3.32. The fraction of sp³-hybridized carbons (Fsp3) is 0.0667. The Morgan fingerprint density at radius 2 is 0.844 bits per heavy atom. The van der Waals surface area contributed by atoms with Crippen molar-refractivity contribution in [1.82, 2.24) is 0 Å². The Hall–Kier alpha value is -5.46. The Morgan fingerprint density at radius 1 is 0.311 bits per heavy atom. The lowest BCUT2D eigenvalue weighted by atomic mass is 9.81. The van der Waals surface area contributed by atoms with Gasteiger partial charge in [0.05, 0.1) is 0 Å². The molecule has 0 saturated heterocycles. The second-order valence-electron chi connectivity index (χ2n) is 13.0. The Bertz CT molecular complexity index is 2430. The minimum atomic E-state index is 0.00578. The molecule has 0 aliphatic heterocycles. The van der Waals surface area contributed by atoms with E-state index in [-0.39, 0.29) is 5.41 Å². The number of hydrogen-bond donors (Lipinski definition) is 0. The summed E-state index contributed by atoms with van der Waals surface area (Å²) in [6.45, 7) is 4.71. The lowest BCUT2D eigenvalue weighted by Crippen LogP contribution is -2.14. The molecule has 8 aromatic rings. The molecule has 0 heteroatoms. The summed E-state index contributed by atoms with van der Waals surface area (Å²) in [7, 11) is 0. The SMILES string of the molecule is CC1(C)c2ccccc2-c2cc3c(ccc4c5cc(-c6cccc(-c7ccc(-c8ccccc8)cc7)c6)ccc5ccc34)cc21. The van der Waals surface area contributed by atoms with Crippen molar-refractivity contribution in [2.75, 3.05) is 0 Å². The van der Waals surface area contributed by atoms with Crippen molar-refractivity contribution in [3.63, 3.8) is 0 Å². The van der Waals surface area contributed by atoms with Crippen molar-refractivity contribution >= 4 is 32.3 Å². The highest BCUT2D eigenvalue weighted by molar-refractivity contribution is 6.18. The third-order valence-electron chi connectivity index (χ3n) is 10.1. The maximum absolute atomic E-state index is 2.45. The maximum atomic E-state index is 2.45. The van der Waals surface area contributed by atoms with Gasteiger partial charge >= 0.3 is 0 Å². The van der Waals surface area contributed by atoms with Gasteiger partial charge in [-0.2, -0.15) is 0 Å². The van der Waals surface area contributed by atoms with Crippen molar-refractivity contribution < 1.29 is 0 Å². The lowest BCUT2D eigenvalue weighted by molar-refractivity contribution is 0.661. The molecular weight excluding hydrogens is 540 g/mol. The summed E-state index contributed by atoms with van der Waals surface area (Å²) in [5, 5.41) is 7.82. The van der Waals surface area contributed by atoms with Crippen molar-refractivity contribution in [2.45, 2.75) is 19.3 Å². The van der Waals surface area contributed by atoms with Crippen LogP contribution in [0.3, 0.4) is 0 Å². The van der Waals surface area contributed by atoms with E-state index in [1.807, 2.05) is 0 Å². The molecule has 0 aromatic heterocycles. The van der Waals surface area contributed by atoms with E-state index in [0.717, 1.165) is 0 Å². The molecule has 0 amide bonds. The van der Waals surface area contributed by atoms with Crippen LogP contribution in [-0.4, -0.2) is 0 Å². The zero-order chi connectivity index (χ0) is 30.1. The smallest absolute Gasteiger partial charge is 0.0159 e. The number of fused-ring (bicyclic) bond motifs is 8. The predicted octanol–water partition coefficient (Wildman–Crippen LogP) is 12.5. The Labute approximate surface area is 264 Å². The van der Waals surface area contributed by atoms with E-state index in [4.69, 9.17) is 0 Å². The highest BCUT2D eigenvalue weighted by atomic mass is 14.4. The van der Waals surface area contributed by atoms with E-state index in [1.54, 1.807) is 0 Å². The van der Waals surface area contributed by atoms with Gasteiger partial charge < -0.3 is 0 Å². The third kappa shape index (κ3) is 4.06. The minimum absolute atomic E-state index is 0.00578.